The maximum absolute atomic E-state index is 9.20. The van der Waals surface area contributed by atoms with Crippen LogP contribution in [0.3, 0.4) is 0 Å². The summed E-state index contributed by atoms with van der Waals surface area (Å²) in [4.78, 5) is 7.99. The first-order chi connectivity index (χ1) is 7.34. The Morgan fingerprint density at radius 1 is 1.27 bits per heavy atom. The molecule has 0 aliphatic heterocycles. The van der Waals surface area contributed by atoms with Crippen LogP contribution in [0.15, 0.2) is 42.9 Å². The highest BCUT2D eigenvalue weighted by Crippen LogP contribution is 2.18. The highest BCUT2D eigenvalue weighted by molar-refractivity contribution is 5.31. The van der Waals surface area contributed by atoms with Gasteiger partial charge in [0.25, 0.3) is 0 Å². The second kappa shape index (κ2) is 4.41. The molecule has 0 bridgehead atoms. The van der Waals surface area contributed by atoms with Gasteiger partial charge in [0.05, 0.1) is 11.9 Å². The number of phenols is 1. The van der Waals surface area contributed by atoms with E-state index in [4.69, 9.17) is 4.74 Å². The van der Waals surface area contributed by atoms with E-state index in [9.17, 15) is 5.11 Å². The molecule has 0 atom stereocenters. The lowest BCUT2D eigenvalue weighted by atomic mass is 10.3. The van der Waals surface area contributed by atoms with Crippen LogP contribution in [0, 0.1) is 0 Å². The Kier molecular flexibility index (Phi) is 2.78. The SMILES string of the molecule is Oc1cccc(OCc2cnccn2)c1. The summed E-state index contributed by atoms with van der Waals surface area (Å²) in [5, 5.41) is 9.20. The first kappa shape index (κ1) is 9.45. The third-order valence-electron chi connectivity index (χ3n) is 1.82. The van der Waals surface area contributed by atoms with Gasteiger partial charge in [-0.05, 0) is 12.1 Å². The zero-order valence-corrected chi connectivity index (χ0v) is 8.00. The Bertz CT molecular complexity index is 432. The first-order valence-corrected chi connectivity index (χ1v) is 4.51. The molecule has 0 unspecified atom stereocenters. The number of hydrogen-bond acceptors (Lipinski definition) is 4. The third-order valence-corrected chi connectivity index (χ3v) is 1.82. The predicted octanol–water partition coefficient (Wildman–Crippen LogP) is 1.76. The molecule has 0 amide bonds. The topological polar surface area (TPSA) is 55.2 Å². The Morgan fingerprint density at radius 3 is 2.93 bits per heavy atom. The zero-order valence-electron chi connectivity index (χ0n) is 8.00. The summed E-state index contributed by atoms with van der Waals surface area (Å²) in [7, 11) is 0. The van der Waals surface area contributed by atoms with Gasteiger partial charge in [-0.3, -0.25) is 9.97 Å². The van der Waals surface area contributed by atoms with E-state index in [-0.39, 0.29) is 5.75 Å². The van der Waals surface area contributed by atoms with Crippen molar-refractivity contribution in [3.8, 4) is 11.5 Å². The molecule has 76 valence electrons. The molecular weight excluding hydrogens is 192 g/mol. The van der Waals surface area contributed by atoms with Crippen LogP contribution >= 0.6 is 0 Å². The van der Waals surface area contributed by atoms with E-state index in [0.717, 1.165) is 5.69 Å². The third kappa shape index (κ3) is 2.67. The van der Waals surface area contributed by atoms with Crippen molar-refractivity contribution < 1.29 is 9.84 Å². The van der Waals surface area contributed by atoms with E-state index < -0.39 is 0 Å². The second-order valence-electron chi connectivity index (χ2n) is 2.98. The average Bonchev–Trinajstić information content (AvgIpc) is 2.28. The molecule has 0 spiro atoms. The van der Waals surface area contributed by atoms with Crippen LogP contribution in [0.2, 0.25) is 0 Å². The quantitative estimate of drug-likeness (QED) is 0.823. The lowest BCUT2D eigenvalue weighted by molar-refractivity contribution is 0.299. The minimum atomic E-state index is 0.187. The molecule has 1 aromatic heterocycles. The smallest absolute Gasteiger partial charge is 0.132 e. The first-order valence-electron chi connectivity index (χ1n) is 4.51. The molecule has 0 saturated heterocycles. The van der Waals surface area contributed by atoms with Crippen LogP contribution < -0.4 is 4.74 Å². The zero-order chi connectivity index (χ0) is 10.5. The molecular formula is C11H10N2O2. The minimum Gasteiger partial charge on any atom is -0.508 e. The van der Waals surface area contributed by atoms with Gasteiger partial charge < -0.3 is 9.84 Å². The van der Waals surface area contributed by atoms with Crippen LogP contribution in [0.5, 0.6) is 11.5 Å². The molecule has 0 fully saturated rings. The summed E-state index contributed by atoms with van der Waals surface area (Å²) in [5.74, 6) is 0.798. The van der Waals surface area contributed by atoms with Gasteiger partial charge in [0.2, 0.25) is 0 Å². The van der Waals surface area contributed by atoms with Gasteiger partial charge in [-0.1, -0.05) is 6.07 Å². The van der Waals surface area contributed by atoms with Crippen molar-refractivity contribution >= 4 is 0 Å². The number of rotatable bonds is 3. The van der Waals surface area contributed by atoms with Gasteiger partial charge >= 0.3 is 0 Å². The molecule has 0 aliphatic rings. The number of aromatic hydroxyl groups is 1. The molecule has 1 aromatic carbocycles. The molecule has 15 heavy (non-hydrogen) atoms. The van der Waals surface area contributed by atoms with Crippen molar-refractivity contribution in [3.63, 3.8) is 0 Å². The van der Waals surface area contributed by atoms with E-state index in [1.54, 1.807) is 42.9 Å². The normalized spacial score (nSPS) is 9.87. The summed E-state index contributed by atoms with van der Waals surface area (Å²) < 4.78 is 5.41. The van der Waals surface area contributed by atoms with E-state index >= 15 is 0 Å². The summed E-state index contributed by atoms with van der Waals surface area (Å²) >= 11 is 0. The lowest BCUT2D eigenvalue weighted by Crippen LogP contribution is -1.98. The largest absolute Gasteiger partial charge is 0.508 e. The van der Waals surface area contributed by atoms with Gasteiger partial charge in [0.15, 0.2) is 0 Å². The summed E-state index contributed by atoms with van der Waals surface area (Å²) in [5.41, 5.74) is 0.751. The second-order valence-corrected chi connectivity index (χ2v) is 2.98. The molecule has 0 aliphatic carbocycles. The van der Waals surface area contributed by atoms with E-state index in [2.05, 4.69) is 9.97 Å². The summed E-state index contributed by atoms with van der Waals surface area (Å²) in [6, 6.07) is 6.64. The highest BCUT2D eigenvalue weighted by Gasteiger charge is 1.97. The van der Waals surface area contributed by atoms with Gasteiger partial charge in [-0.15, -0.1) is 0 Å². The Hall–Kier alpha value is -2.10. The Morgan fingerprint density at radius 2 is 2.20 bits per heavy atom. The monoisotopic (exact) mass is 202 g/mol. The Labute approximate surface area is 87.2 Å². The number of aromatic nitrogens is 2. The standard InChI is InChI=1S/C11H10N2O2/c14-10-2-1-3-11(6-10)15-8-9-7-12-4-5-13-9/h1-7,14H,8H2. The van der Waals surface area contributed by atoms with Crippen LogP contribution in [0.4, 0.5) is 0 Å². The van der Waals surface area contributed by atoms with Gasteiger partial charge in [-0.25, -0.2) is 0 Å². The van der Waals surface area contributed by atoms with Gasteiger partial charge in [-0.2, -0.15) is 0 Å². The molecule has 1 heterocycles. The lowest BCUT2D eigenvalue weighted by Gasteiger charge is -2.04. The fourth-order valence-electron chi connectivity index (χ4n) is 1.14. The molecule has 2 rings (SSSR count). The molecule has 1 N–H and O–H groups in total. The fourth-order valence-corrected chi connectivity index (χ4v) is 1.14. The highest BCUT2D eigenvalue weighted by atomic mass is 16.5. The molecule has 0 radical (unpaired) electrons. The maximum Gasteiger partial charge on any atom is 0.132 e. The fraction of sp³-hybridized carbons (Fsp3) is 0.0909. The van der Waals surface area contributed by atoms with E-state index in [1.807, 2.05) is 0 Å². The molecule has 4 heteroatoms. The molecule has 4 nitrogen and oxygen atoms in total. The number of nitrogens with zero attached hydrogens (tertiary/aromatic N) is 2. The predicted molar refractivity (Wildman–Crippen MR) is 54.5 cm³/mol. The van der Waals surface area contributed by atoms with E-state index in [1.165, 1.54) is 0 Å². The van der Waals surface area contributed by atoms with Crippen molar-refractivity contribution in [1.29, 1.82) is 0 Å². The summed E-state index contributed by atoms with van der Waals surface area (Å²) in [6.45, 7) is 0.345. The Balaban J connectivity index is 1.99. The van der Waals surface area contributed by atoms with Crippen LogP contribution in [-0.4, -0.2) is 15.1 Å². The minimum absolute atomic E-state index is 0.187. The van der Waals surface area contributed by atoms with Gasteiger partial charge in [0.1, 0.15) is 18.1 Å². The number of benzene rings is 1. The molecule has 2 aromatic rings. The number of phenolic OH excluding ortho intramolecular Hbond substituents is 1. The van der Waals surface area contributed by atoms with Crippen molar-refractivity contribution in [3.05, 3.63) is 48.5 Å². The number of ether oxygens (including phenoxy) is 1. The van der Waals surface area contributed by atoms with Gasteiger partial charge in [0, 0.05) is 18.5 Å². The van der Waals surface area contributed by atoms with Crippen molar-refractivity contribution in [1.82, 2.24) is 9.97 Å². The van der Waals surface area contributed by atoms with Crippen molar-refractivity contribution in [2.75, 3.05) is 0 Å². The average molecular weight is 202 g/mol. The van der Waals surface area contributed by atoms with Crippen LogP contribution in [0.25, 0.3) is 0 Å². The van der Waals surface area contributed by atoms with Crippen LogP contribution in [-0.2, 0) is 6.61 Å². The number of hydrogen-bond donors (Lipinski definition) is 1. The van der Waals surface area contributed by atoms with Crippen LogP contribution in [0.1, 0.15) is 5.69 Å². The van der Waals surface area contributed by atoms with Crippen molar-refractivity contribution in [2.45, 2.75) is 6.61 Å². The van der Waals surface area contributed by atoms with E-state index in [0.29, 0.717) is 12.4 Å². The van der Waals surface area contributed by atoms with Crippen molar-refractivity contribution in [2.24, 2.45) is 0 Å². The summed E-state index contributed by atoms with van der Waals surface area (Å²) in [6.07, 6.45) is 4.86. The maximum atomic E-state index is 9.20. The molecule has 0 saturated carbocycles.